The molecule has 0 amide bonds. The van der Waals surface area contributed by atoms with Gasteiger partial charge in [-0.25, -0.2) is 0 Å². The Morgan fingerprint density at radius 3 is 2.47 bits per heavy atom. The Labute approximate surface area is 112 Å². The van der Waals surface area contributed by atoms with Gasteiger partial charge in [0.05, 0.1) is 19.8 Å². The molecule has 4 nitrogen and oxygen atoms in total. The van der Waals surface area contributed by atoms with Gasteiger partial charge in [-0.05, 0) is 30.7 Å². The molecule has 0 unspecified atom stereocenters. The Kier molecular flexibility index (Phi) is 3.67. The lowest BCUT2D eigenvalue weighted by Gasteiger charge is -2.10. The van der Waals surface area contributed by atoms with E-state index < -0.39 is 0 Å². The zero-order chi connectivity index (χ0) is 13.8. The fourth-order valence-electron chi connectivity index (χ4n) is 1.89. The maximum atomic E-state index is 9.15. The van der Waals surface area contributed by atoms with E-state index in [1.165, 1.54) is 0 Å². The summed E-state index contributed by atoms with van der Waals surface area (Å²) in [6.07, 6.45) is 1.58. The molecule has 1 heterocycles. The summed E-state index contributed by atoms with van der Waals surface area (Å²) < 4.78 is 10.5. The third kappa shape index (κ3) is 2.50. The summed E-state index contributed by atoms with van der Waals surface area (Å²) in [4.78, 5) is 4.13. The number of aryl methyl sites for hydroxylation is 1. The van der Waals surface area contributed by atoms with Crippen LogP contribution < -0.4 is 9.47 Å². The van der Waals surface area contributed by atoms with Crippen molar-refractivity contribution < 1.29 is 9.47 Å². The maximum absolute atomic E-state index is 9.15. The molecular formula is C15H14N2O2. The molecule has 0 atom stereocenters. The Morgan fingerprint density at radius 2 is 1.84 bits per heavy atom. The first kappa shape index (κ1) is 12.9. The maximum Gasteiger partial charge on any atom is 0.161 e. The normalized spacial score (nSPS) is 9.79. The van der Waals surface area contributed by atoms with Crippen LogP contribution in [0, 0.1) is 18.3 Å². The average molecular weight is 254 g/mol. The summed E-state index contributed by atoms with van der Waals surface area (Å²) in [6.45, 7) is 1.89. The van der Waals surface area contributed by atoms with Crippen LogP contribution in [0.5, 0.6) is 11.5 Å². The van der Waals surface area contributed by atoms with E-state index in [0.717, 1.165) is 16.8 Å². The molecule has 1 aromatic heterocycles. The largest absolute Gasteiger partial charge is 0.493 e. The van der Waals surface area contributed by atoms with Crippen molar-refractivity contribution in [2.24, 2.45) is 0 Å². The van der Waals surface area contributed by atoms with Crippen LogP contribution in [0.2, 0.25) is 0 Å². The van der Waals surface area contributed by atoms with E-state index in [2.05, 4.69) is 11.1 Å². The minimum Gasteiger partial charge on any atom is -0.493 e. The highest BCUT2D eigenvalue weighted by Gasteiger charge is 2.10. The van der Waals surface area contributed by atoms with Gasteiger partial charge >= 0.3 is 0 Å². The molecule has 0 aliphatic heterocycles. The van der Waals surface area contributed by atoms with Crippen molar-refractivity contribution in [1.82, 2.24) is 4.98 Å². The molecule has 0 saturated heterocycles. The van der Waals surface area contributed by atoms with Gasteiger partial charge in [-0.3, -0.25) is 4.98 Å². The third-order valence-corrected chi connectivity index (χ3v) is 2.86. The van der Waals surface area contributed by atoms with E-state index in [-0.39, 0.29) is 0 Å². The highest BCUT2D eigenvalue weighted by Crippen LogP contribution is 2.33. The number of hydrogen-bond acceptors (Lipinski definition) is 4. The molecule has 0 saturated carbocycles. The average Bonchev–Trinajstić information content (AvgIpc) is 2.46. The van der Waals surface area contributed by atoms with Gasteiger partial charge in [-0.15, -0.1) is 0 Å². The number of rotatable bonds is 3. The topological polar surface area (TPSA) is 55.1 Å². The van der Waals surface area contributed by atoms with Crippen molar-refractivity contribution in [3.63, 3.8) is 0 Å². The lowest BCUT2D eigenvalue weighted by Crippen LogP contribution is -1.93. The predicted molar refractivity (Wildman–Crippen MR) is 72.2 cm³/mol. The van der Waals surface area contributed by atoms with Gasteiger partial charge in [-0.2, -0.15) is 5.26 Å². The molecule has 0 spiro atoms. The van der Waals surface area contributed by atoms with Crippen LogP contribution in [0.15, 0.2) is 30.5 Å². The quantitative estimate of drug-likeness (QED) is 0.845. The number of pyridine rings is 1. The fraction of sp³-hybridized carbons (Fsp3) is 0.200. The fourth-order valence-corrected chi connectivity index (χ4v) is 1.89. The van der Waals surface area contributed by atoms with Crippen molar-refractivity contribution in [3.05, 3.63) is 41.7 Å². The summed E-state index contributed by atoms with van der Waals surface area (Å²) >= 11 is 0. The summed E-state index contributed by atoms with van der Waals surface area (Å²) in [6, 6.07) is 9.62. The van der Waals surface area contributed by atoms with Crippen molar-refractivity contribution in [1.29, 1.82) is 5.26 Å². The SMILES string of the molecule is COc1ccc(-c2cc(C)ncc2C#N)cc1OC. The molecule has 1 aromatic carbocycles. The molecule has 0 fully saturated rings. The van der Waals surface area contributed by atoms with E-state index in [0.29, 0.717) is 17.1 Å². The first-order chi connectivity index (χ1) is 9.19. The summed E-state index contributed by atoms with van der Waals surface area (Å²) in [7, 11) is 3.18. The van der Waals surface area contributed by atoms with E-state index in [4.69, 9.17) is 14.7 Å². The first-order valence-corrected chi connectivity index (χ1v) is 5.78. The van der Waals surface area contributed by atoms with Crippen LogP contribution in [-0.4, -0.2) is 19.2 Å². The van der Waals surface area contributed by atoms with Crippen LogP contribution in [0.1, 0.15) is 11.3 Å². The second kappa shape index (κ2) is 5.40. The molecule has 0 radical (unpaired) electrons. The Bertz CT molecular complexity index is 645. The van der Waals surface area contributed by atoms with Crippen LogP contribution in [0.4, 0.5) is 0 Å². The van der Waals surface area contributed by atoms with E-state index in [1.807, 2.05) is 31.2 Å². The number of benzene rings is 1. The zero-order valence-electron chi connectivity index (χ0n) is 11.1. The third-order valence-electron chi connectivity index (χ3n) is 2.86. The lowest BCUT2D eigenvalue weighted by atomic mass is 10.0. The predicted octanol–water partition coefficient (Wildman–Crippen LogP) is 2.95. The Morgan fingerprint density at radius 1 is 1.11 bits per heavy atom. The minimum atomic E-state index is 0.540. The zero-order valence-corrected chi connectivity index (χ0v) is 11.1. The second-order valence-corrected chi connectivity index (χ2v) is 4.05. The van der Waals surface area contributed by atoms with Gasteiger partial charge < -0.3 is 9.47 Å². The van der Waals surface area contributed by atoms with Gasteiger partial charge in [0.15, 0.2) is 11.5 Å². The number of nitrogens with zero attached hydrogens (tertiary/aromatic N) is 2. The molecule has 2 aromatic rings. The Balaban J connectivity index is 2.59. The molecule has 0 aliphatic carbocycles. The molecule has 2 rings (SSSR count). The summed E-state index contributed by atoms with van der Waals surface area (Å²) in [5, 5.41) is 9.15. The van der Waals surface area contributed by atoms with E-state index in [9.17, 15) is 0 Å². The molecule has 0 aliphatic rings. The minimum absolute atomic E-state index is 0.540. The number of hydrogen-bond donors (Lipinski definition) is 0. The van der Waals surface area contributed by atoms with Crippen LogP contribution in [0.25, 0.3) is 11.1 Å². The van der Waals surface area contributed by atoms with Crippen molar-refractivity contribution >= 4 is 0 Å². The molecule has 4 heteroatoms. The van der Waals surface area contributed by atoms with E-state index >= 15 is 0 Å². The molecule has 0 N–H and O–H groups in total. The van der Waals surface area contributed by atoms with Gasteiger partial charge in [-0.1, -0.05) is 6.07 Å². The van der Waals surface area contributed by atoms with Crippen molar-refractivity contribution in [2.45, 2.75) is 6.92 Å². The summed E-state index contributed by atoms with van der Waals surface area (Å²) in [5.41, 5.74) is 3.15. The Hall–Kier alpha value is -2.54. The number of ether oxygens (including phenoxy) is 2. The monoisotopic (exact) mass is 254 g/mol. The second-order valence-electron chi connectivity index (χ2n) is 4.05. The highest BCUT2D eigenvalue weighted by molar-refractivity contribution is 5.72. The van der Waals surface area contributed by atoms with Crippen LogP contribution >= 0.6 is 0 Å². The number of methoxy groups -OCH3 is 2. The molecule has 0 bridgehead atoms. The smallest absolute Gasteiger partial charge is 0.161 e. The van der Waals surface area contributed by atoms with Gasteiger partial charge in [0.1, 0.15) is 6.07 Å². The van der Waals surface area contributed by atoms with Crippen molar-refractivity contribution in [2.75, 3.05) is 14.2 Å². The number of nitriles is 1. The molecule has 19 heavy (non-hydrogen) atoms. The first-order valence-electron chi connectivity index (χ1n) is 5.78. The highest BCUT2D eigenvalue weighted by atomic mass is 16.5. The van der Waals surface area contributed by atoms with Gasteiger partial charge in [0.2, 0.25) is 0 Å². The van der Waals surface area contributed by atoms with Gasteiger partial charge in [0, 0.05) is 17.5 Å². The van der Waals surface area contributed by atoms with Crippen LogP contribution in [-0.2, 0) is 0 Å². The van der Waals surface area contributed by atoms with Crippen LogP contribution in [0.3, 0.4) is 0 Å². The van der Waals surface area contributed by atoms with Crippen molar-refractivity contribution in [3.8, 4) is 28.7 Å². The molecular weight excluding hydrogens is 240 g/mol. The van der Waals surface area contributed by atoms with Gasteiger partial charge in [0.25, 0.3) is 0 Å². The molecule has 96 valence electrons. The standard InChI is InChI=1S/C15H14N2O2/c1-10-6-13(12(8-16)9-17-10)11-4-5-14(18-2)15(7-11)19-3/h4-7,9H,1-3H3. The summed E-state index contributed by atoms with van der Waals surface area (Å²) in [5.74, 6) is 1.30. The number of aromatic nitrogens is 1. The van der Waals surface area contributed by atoms with E-state index in [1.54, 1.807) is 20.4 Å². The lowest BCUT2D eigenvalue weighted by molar-refractivity contribution is 0.355.